The molecule has 18 heavy (non-hydrogen) atoms. The van der Waals surface area contributed by atoms with Crippen molar-refractivity contribution in [1.29, 1.82) is 0 Å². The first-order valence-electron chi connectivity index (χ1n) is 6.00. The molecular formula is C11H15N7. The summed E-state index contributed by atoms with van der Waals surface area (Å²) < 4.78 is 1.83. The molecule has 0 aliphatic carbocycles. The van der Waals surface area contributed by atoms with Crippen LogP contribution >= 0.6 is 0 Å². The molecule has 7 heteroatoms. The summed E-state index contributed by atoms with van der Waals surface area (Å²) in [5.74, 6) is 1.08. The molecule has 2 unspecified atom stereocenters. The maximum Gasteiger partial charge on any atom is 0.189 e. The summed E-state index contributed by atoms with van der Waals surface area (Å²) in [4.78, 5) is 11.4. The van der Waals surface area contributed by atoms with Crippen molar-refractivity contribution in [3.8, 4) is 0 Å². The van der Waals surface area contributed by atoms with Gasteiger partial charge in [-0.2, -0.15) is 0 Å². The molecule has 3 heterocycles. The minimum atomic E-state index is -0.146. The summed E-state index contributed by atoms with van der Waals surface area (Å²) in [5, 5.41) is 8.37. The fraction of sp³-hybridized carbons (Fsp3) is 0.455. The molecule has 3 aromatic rings. The van der Waals surface area contributed by atoms with Crippen LogP contribution in [0.4, 0.5) is 0 Å². The first-order chi connectivity index (χ1) is 8.72. The van der Waals surface area contributed by atoms with E-state index in [0.717, 1.165) is 17.8 Å². The largest absolute Gasteiger partial charge is 0.340 e. The molecule has 94 valence electrons. The lowest BCUT2D eigenvalue weighted by molar-refractivity contribution is 0.436. The Morgan fingerprint density at radius 1 is 1.39 bits per heavy atom. The van der Waals surface area contributed by atoms with Crippen LogP contribution in [-0.2, 0) is 0 Å². The van der Waals surface area contributed by atoms with Crippen molar-refractivity contribution in [2.24, 2.45) is 11.7 Å². The van der Waals surface area contributed by atoms with Crippen LogP contribution in [0.25, 0.3) is 16.8 Å². The van der Waals surface area contributed by atoms with Gasteiger partial charge in [0, 0.05) is 0 Å². The summed E-state index contributed by atoms with van der Waals surface area (Å²) in [6.07, 6.45) is 4.27. The first kappa shape index (κ1) is 11.1. The zero-order valence-electron chi connectivity index (χ0n) is 10.3. The second-order valence-corrected chi connectivity index (χ2v) is 4.51. The molecule has 0 saturated carbocycles. The standard InChI is InChI=1S/C11H15N7/c1-3-6(2)7(12)10-16-17-11-8-9(14-4-13-8)15-5-18(10)11/h4-7H,3,12H2,1-2H3,(H,13,14). The molecule has 3 rings (SSSR count). The summed E-state index contributed by atoms with van der Waals surface area (Å²) >= 11 is 0. The van der Waals surface area contributed by atoms with Crippen LogP contribution in [0.5, 0.6) is 0 Å². The van der Waals surface area contributed by atoms with Gasteiger partial charge in [0.2, 0.25) is 0 Å². The number of nitrogens with one attached hydrogen (secondary N) is 1. The number of nitrogens with zero attached hydrogens (tertiary/aromatic N) is 5. The van der Waals surface area contributed by atoms with Gasteiger partial charge in [-0.25, -0.2) is 9.97 Å². The van der Waals surface area contributed by atoms with Crippen LogP contribution in [0.1, 0.15) is 32.1 Å². The van der Waals surface area contributed by atoms with Gasteiger partial charge in [0.15, 0.2) is 17.1 Å². The van der Waals surface area contributed by atoms with Crippen molar-refractivity contribution in [2.45, 2.75) is 26.3 Å². The van der Waals surface area contributed by atoms with Crippen LogP contribution in [0.15, 0.2) is 12.7 Å². The maximum atomic E-state index is 6.20. The Morgan fingerprint density at radius 2 is 2.22 bits per heavy atom. The van der Waals surface area contributed by atoms with Crippen molar-refractivity contribution >= 4 is 16.8 Å². The Labute approximate surface area is 103 Å². The Bertz CT molecular complexity index is 683. The lowest BCUT2D eigenvalue weighted by Gasteiger charge is -2.15. The smallest absolute Gasteiger partial charge is 0.189 e. The molecule has 0 aliphatic heterocycles. The number of imidazole rings is 1. The monoisotopic (exact) mass is 245 g/mol. The molecule has 0 fully saturated rings. The highest BCUT2D eigenvalue weighted by molar-refractivity contribution is 5.84. The van der Waals surface area contributed by atoms with E-state index in [-0.39, 0.29) is 6.04 Å². The zero-order valence-corrected chi connectivity index (χ0v) is 10.3. The number of hydrogen-bond acceptors (Lipinski definition) is 5. The van der Waals surface area contributed by atoms with Crippen molar-refractivity contribution in [2.75, 3.05) is 0 Å². The van der Waals surface area contributed by atoms with Crippen molar-refractivity contribution < 1.29 is 0 Å². The van der Waals surface area contributed by atoms with E-state index in [1.165, 1.54) is 0 Å². The van der Waals surface area contributed by atoms with Gasteiger partial charge in [0.25, 0.3) is 0 Å². The van der Waals surface area contributed by atoms with Gasteiger partial charge in [-0.1, -0.05) is 20.3 Å². The van der Waals surface area contributed by atoms with Crippen LogP contribution in [0, 0.1) is 5.92 Å². The number of nitrogens with two attached hydrogens (primary N) is 1. The van der Waals surface area contributed by atoms with E-state index in [1.54, 1.807) is 12.7 Å². The molecule has 0 amide bonds. The Hall–Kier alpha value is -2.02. The minimum Gasteiger partial charge on any atom is -0.340 e. The van der Waals surface area contributed by atoms with E-state index in [2.05, 4.69) is 39.0 Å². The van der Waals surface area contributed by atoms with Gasteiger partial charge >= 0.3 is 0 Å². The SMILES string of the molecule is CCC(C)C(N)c1nnc2c3[nH]cnc3ncn12. The van der Waals surface area contributed by atoms with Gasteiger partial charge < -0.3 is 10.7 Å². The minimum absolute atomic E-state index is 0.146. The predicted octanol–water partition coefficient (Wildman–Crippen LogP) is 1.05. The summed E-state index contributed by atoms with van der Waals surface area (Å²) in [6, 6.07) is -0.146. The third-order valence-electron chi connectivity index (χ3n) is 3.42. The fourth-order valence-electron chi connectivity index (χ4n) is 1.99. The second kappa shape index (κ2) is 4.02. The highest BCUT2D eigenvalue weighted by atomic mass is 15.3. The Kier molecular flexibility index (Phi) is 2.48. The van der Waals surface area contributed by atoms with Gasteiger partial charge in [0.1, 0.15) is 11.8 Å². The highest BCUT2D eigenvalue weighted by Crippen LogP contribution is 2.22. The summed E-state index contributed by atoms with van der Waals surface area (Å²) in [5.41, 5.74) is 8.34. The molecular weight excluding hydrogens is 230 g/mol. The molecule has 3 aromatic heterocycles. The van der Waals surface area contributed by atoms with Gasteiger partial charge in [-0.3, -0.25) is 4.40 Å². The van der Waals surface area contributed by atoms with E-state index in [1.807, 2.05) is 4.40 Å². The van der Waals surface area contributed by atoms with Crippen LogP contribution in [-0.4, -0.2) is 29.5 Å². The predicted molar refractivity (Wildman–Crippen MR) is 66.8 cm³/mol. The molecule has 0 bridgehead atoms. The van der Waals surface area contributed by atoms with Crippen LogP contribution in [0.3, 0.4) is 0 Å². The number of fused-ring (bicyclic) bond motifs is 3. The lowest BCUT2D eigenvalue weighted by atomic mass is 10.00. The topological polar surface area (TPSA) is 97.8 Å². The van der Waals surface area contributed by atoms with E-state index < -0.39 is 0 Å². The molecule has 2 atom stereocenters. The number of aromatic nitrogens is 6. The first-order valence-corrected chi connectivity index (χ1v) is 6.00. The quantitative estimate of drug-likeness (QED) is 0.718. The molecule has 0 radical (unpaired) electrons. The van der Waals surface area contributed by atoms with E-state index in [9.17, 15) is 0 Å². The van der Waals surface area contributed by atoms with Crippen LogP contribution in [0.2, 0.25) is 0 Å². The van der Waals surface area contributed by atoms with Crippen LogP contribution < -0.4 is 5.73 Å². The number of aromatic amines is 1. The van der Waals surface area contributed by atoms with E-state index in [4.69, 9.17) is 5.73 Å². The average Bonchev–Trinajstić information content (AvgIpc) is 3.01. The number of hydrogen-bond donors (Lipinski definition) is 2. The molecule has 7 nitrogen and oxygen atoms in total. The summed E-state index contributed by atoms with van der Waals surface area (Å²) in [7, 11) is 0. The Morgan fingerprint density at radius 3 is 3.00 bits per heavy atom. The Balaban J connectivity index is 2.19. The third kappa shape index (κ3) is 1.47. The average molecular weight is 245 g/mol. The molecule has 0 aliphatic rings. The van der Waals surface area contributed by atoms with Crippen molar-refractivity contribution in [1.82, 2.24) is 29.5 Å². The van der Waals surface area contributed by atoms with E-state index >= 15 is 0 Å². The molecule has 0 spiro atoms. The number of rotatable bonds is 3. The van der Waals surface area contributed by atoms with Crippen molar-refractivity contribution in [3.63, 3.8) is 0 Å². The van der Waals surface area contributed by atoms with Gasteiger partial charge in [0.05, 0.1) is 12.4 Å². The lowest BCUT2D eigenvalue weighted by Crippen LogP contribution is -2.21. The second-order valence-electron chi connectivity index (χ2n) is 4.51. The molecule has 0 saturated heterocycles. The van der Waals surface area contributed by atoms with E-state index in [0.29, 0.717) is 17.2 Å². The van der Waals surface area contributed by atoms with Gasteiger partial charge in [-0.05, 0) is 5.92 Å². The summed E-state index contributed by atoms with van der Waals surface area (Å²) in [6.45, 7) is 4.22. The normalized spacial score (nSPS) is 15.3. The number of H-pyrrole nitrogens is 1. The zero-order chi connectivity index (χ0) is 12.7. The maximum absolute atomic E-state index is 6.20. The van der Waals surface area contributed by atoms with Gasteiger partial charge in [-0.15, -0.1) is 10.2 Å². The van der Waals surface area contributed by atoms with Crippen molar-refractivity contribution in [3.05, 3.63) is 18.5 Å². The highest BCUT2D eigenvalue weighted by Gasteiger charge is 2.20. The molecule has 3 N–H and O–H groups in total. The molecule has 0 aromatic carbocycles. The fourth-order valence-corrected chi connectivity index (χ4v) is 1.99. The third-order valence-corrected chi connectivity index (χ3v) is 3.42.